The molecule has 0 saturated heterocycles. The van der Waals surface area contributed by atoms with E-state index in [1.807, 2.05) is 0 Å². The lowest BCUT2D eigenvalue weighted by atomic mass is 10.1. The zero-order valence-corrected chi connectivity index (χ0v) is 8.61. The lowest BCUT2D eigenvalue weighted by Crippen LogP contribution is -2.38. The van der Waals surface area contributed by atoms with Crippen LogP contribution in [0.1, 0.15) is 24.2 Å². The van der Waals surface area contributed by atoms with Gasteiger partial charge in [0.1, 0.15) is 6.26 Å². The number of aliphatic hydroxyl groups is 1. The van der Waals surface area contributed by atoms with Crippen LogP contribution >= 0.6 is 0 Å². The molecule has 0 radical (unpaired) electrons. The highest BCUT2D eigenvalue weighted by Gasteiger charge is 2.14. The first kappa shape index (κ1) is 11.5. The number of carbonyl (C=O) groups is 1. The van der Waals surface area contributed by atoms with Crippen LogP contribution in [0.15, 0.2) is 27.6 Å². The van der Waals surface area contributed by atoms with Crippen LogP contribution in [0.2, 0.25) is 0 Å². The van der Waals surface area contributed by atoms with Crippen LogP contribution in [0.25, 0.3) is 0 Å². The Kier molecular flexibility index (Phi) is 3.26. The summed E-state index contributed by atoms with van der Waals surface area (Å²) >= 11 is 0. The van der Waals surface area contributed by atoms with E-state index < -0.39 is 11.2 Å². The molecule has 2 N–H and O–H groups in total. The molecule has 0 aliphatic rings. The monoisotopic (exact) mass is 211 g/mol. The second kappa shape index (κ2) is 4.27. The number of hydrogen-bond donors (Lipinski definition) is 2. The quantitative estimate of drug-likeness (QED) is 0.745. The Morgan fingerprint density at radius 1 is 1.53 bits per heavy atom. The average molecular weight is 211 g/mol. The van der Waals surface area contributed by atoms with Crippen LogP contribution in [0.5, 0.6) is 0 Å². The molecule has 5 nitrogen and oxygen atoms in total. The van der Waals surface area contributed by atoms with Gasteiger partial charge >= 0.3 is 5.63 Å². The highest BCUT2D eigenvalue weighted by atomic mass is 16.4. The molecule has 0 aliphatic heterocycles. The summed E-state index contributed by atoms with van der Waals surface area (Å²) in [6, 6.07) is 2.53. The van der Waals surface area contributed by atoms with E-state index in [1.54, 1.807) is 13.8 Å². The molecule has 15 heavy (non-hydrogen) atoms. The summed E-state index contributed by atoms with van der Waals surface area (Å²) in [5, 5.41) is 11.9. The van der Waals surface area contributed by atoms with Crippen molar-refractivity contribution >= 4 is 5.91 Å². The summed E-state index contributed by atoms with van der Waals surface area (Å²) in [6.45, 7) is 3.29. The second-order valence-electron chi connectivity index (χ2n) is 3.84. The summed E-state index contributed by atoms with van der Waals surface area (Å²) in [4.78, 5) is 22.0. The first-order valence-corrected chi connectivity index (χ1v) is 4.48. The van der Waals surface area contributed by atoms with Crippen molar-refractivity contribution in [2.45, 2.75) is 19.4 Å². The standard InChI is InChI=1S/C10H13NO4/c1-10(2,14)6-11-9(13)7-3-4-8(12)15-5-7/h3-5,14H,6H2,1-2H3,(H,11,13). The minimum atomic E-state index is -0.967. The predicted molar refractivity (Wildman–Crippen MR) is 53.6 cm³/mol. The maximum Gasteiger partial charge on any atom is 0.335 e. The Bertz CT molecular complexity index is 382. The summed E-state index contributed by atoms with van der Waals surface area (Å²) in [6.07, 6.45) is 1.09. The van der Waals surface area contributed by atoms with Gasteiger partial charge in [-0.3, -0.25) is 4.79 Å². The van der Waals surface area contributed by atoms with Crippen molar-refractivity contribution in [3.8, 4) is 0 Å². The van der Waals surface area contributed by atoms with E-state index in [4.69, 9.17) is 0 Å². The molecule has 0 aromatic carbocycles. The topological polar surface area (TPSA) is 79.5 Å². The van der Waals surface area contributed by atoms with E-state index in [1.165, 1.54) is 12.1 Å². The molecule has 0 spiro atoms. The Labute approximate surface area is 86.7 Å². The van der Waals surface area contributed by atoms with E-state index in [0.29, 0.717) is 0 Å². The molecule has 1 heterocycles. The minimum absolute atomic E-state index is 0.130. The number of carbonyl (C=O) groups excluding carboxylic acids is 1. The minimum Gasteiger partial charge on any atom is -0.430 e. The predicted octanol–water partition coefficient (Wildman–Crippen LogP) is 0.141. The molecule has 0 bridgehead atoms. The van der Waals surface area contributed by atoms with Gasteiger partial charge in [-0.05, 0) is 19.9 Å². The summed E-state index contributed by atoms with van der Waals surface area (Å²) in [7, 11) is 0. The number of amides is 1. The molecular weight excluding hydrogens is 198 g/mol. The molecule has 0 saturated carbocycles. The third-order valence-electron chi connectivity index (χ3n) is 1.64. The maximum absolute atomic E-state index is 11.4. The van der Waals surface area contributed by atoms with E-state index in [0.717, 1.165) is 6.26 Å². The molecule has 0 fully saturated rings. The molecule has 1 aromatic rings. The van der Waals surface area contributed by atoms with Gasteiger partial charge in [0.05, 0.1) is 11.2 Å². The van der Waals surface area contributed by atoms with Crippen molar-refractivity contribution in [3.63, 3.8) is 0 Å². The average Bonchev–Trinajstić information content (AvgIpc) is 2.14. The normalized spacial score (nSPS) is 11.1. The highest BCUT2D eigenvalue weighted by molar-refractivity contribution is 5.93. The van der Waals surface area contributed by atoms with Crippen LogP contribution in [0.3, 0.4) is 0 Å². The fraction of sp³-hybridized carbons (Fsp3) is 0.400. The van der Waals surface area contributed by atoms with E-state index >= 15 is 0 Å². The highest BCUT2D eigenvalue weighted by Crippen LogP contribution is 2.00. The third-order valence-corrected chi connectivity index (χ3v) is 1.64. The molecular formula is C10H13NO4. The lowest BCUT2D eigenvalue weighted by molar-refractivity contribution is 0.0693. The Hall–Kier alpha value is -1.62. The zero-order chi connectivity index (χ0) is 11.5. The molecule has 0 aliphatic carbocycles. The van der Waals surface area contributed by atoms with Gasteiger partial charge in [-0.1, -0.05) is 0 Å². The van der Waals surface area contributed by atoms with Crippen LogP contribution in [0, 0.1) is 0 Å². The van der Waals surface area contributed by atoms with Gasteiger partial charge in [0.25, 0.3) is 5.91 Å². The molecule has 82 valence electrons. The molecule has 5 heteroatoms. The Morgan fingerprint density at radius 3 is 2.67 bits per heavy atom. The van der Waals surface area contributed by atoms with Crippen molar-refractivity contribution in [2.75, 3.05) is 6.54 Å². The largest absolute Gasteiger partial charge is 0.430 e. The van der Waals surface area contributed by atoms with Crippen molar-refractivity contribution in [1.82, 2.24) is 5.32 Å². The smallest absolute Gasteiger partial charge is 0.335 e. The molecule has 1 rings (SSSR count). The van der Waals surface area contributed by atoms with Crippen molar-refractivity contribution < 1.29 is 14.3 Å². The van der Waals surface area contributed by atoms with E-state index in [2.05, 4.69) is 9.73 Å². The first-order valence-electron chi connectivity index (χ1n) is 4.48. The lowest BCUT2D eigenvalue weighted by Gasteiger charge is -2.17. The number of hydrogen-bond acceptors (Lipinski definition) is 4. The van der Waals surface area contributed by atoms with E-state index in [9.17, 15) is 14.7 Å². The van der Waals surface area contributed by atoms with Crippen LogP contribution in [-0.2, 0) is 0 Å². The van der Waals surface area contributed by atoms with Gasteiger partial charge < -0.3 is 14.8 Å². The van der Waals surface area contributed by atoms with Crippen LogP contribution in [0.4, 0.5) is 0 Å². The Balaban J connectivity index is 2.62. The van der Waals surface area contributed by atoms with E-state index in [-0.39, 0.29) is 18.0 Å². The van der Waals surface area contributed by atoms with Crippen molar-refractivity contribution in [1.29, 1.82) is 0 Å². The second-order valence-corrected chi connectivity index (χ2v) is 3.84. The van der Waals surface area contributed by atoms with Gasteiger partial charge in [0.15, 0.2) is 0 Å². The first-order chi connectivity index (χ1) is 6.88. The maximum atomic E-state index is 11.4. The van der Waals surface area contributed by atoms with Crippen molar-refractivity contribution in [2.24, 2.45) is 0 Å². The SMILES string of the molecule is CC(C)(O)CNC(=O)c1ccc(=O)oc1. The summed E-state index contributed by atoms with van der Waals surface area (Å²) in [5.41, 5.74) is -1.22. The number of rotatable bonds is 3. The summed E-state index contributed by atoms with van der Waals surface area (Å²) in [5.74, 6) is -0.388. The fourth-order valence-electron chi connectivity index (χ4n) is 0.886. The van der Waals surface area contributed by atoms with Crippen LogP contribution in [-0.4, -0.2) is 23.2 Å². The fourth-order valence-corrected chi connectivity index (χ4v) is 0.886. The van der Waals surface area contributed by atoms with Crippen LogP contribution < -0.4 is 10.9 Å². The molecule has 1 amide bonds. The number of nitrogens with one attached hydrogen (secondary N) is 1. The third kappa shape index (κ3) is 3.95. The van der Waals surface area contributed by atoms with Crippen molar-refractivity contribution in [3.05, 3.63) is 34.4 Å². The van der Waals surface area contributed by atoms with Gasteiger partial charge in [-0.25, -0.2) is 4.79 Å². The summed E-state index contributed by atoms with van der Waals surface area (Å²) < 4.78 is 4.53. The molecule has 0 atom stereocenters. The molecule has 0 unspecified atom stereocenters. The Morgan fingerprint density at radius 2 is 2.20 bits per heavy atom. The van der Waals surface area contributed by atoms with Gasteiger partial charge in [0, 0.05) is 12.6 Å². The van der Waals surface area contributed by atoms with Gasteiger partial charge in [-0.2, -0.15) is 0 Å². The van der Waals surface area contributed by atoms with Gasteiger partial charge in [-0.15, -0.1) is 0 Å². The molecule has 1 aromatic heterocycles. The zero-order valence-electron chi connectivity index (χ0n) is 8.61. The van der Waals surface area contributed by atoms with Gasteiger partial charge in [0.2, 0.25) is 0 Å².